The summed E-state index contributed by atoms with van der Waals surface area (Å²) in [5, 5.41) is 2.32. The highest BCUT2D eigenvalue weighted by molar-refractivity contribution is 6.03. The van der Waals surface area contributed by atoms with Crippen LogP contribution in [0, 0.1) is 5.92 Å². The monoisotopic (exact) mass is 207 g/mol. The summed E-state index contributed by atoms with van der Waals surface area (Å²) in [6.07, 6.45) is 2.66. The molecular weight excluding hydrogens is 194 g/mol. The molecule has 2 unspecified atom stereocenters. The van der Waals surface area contributed by atoms with Crippen molar-refractivity contribution in [3.8, 4) is 0 Å². The zero-order valence-electron chi connectivity index (χ0n) is 8.53. The fourth-order valence-electron chi connectivity index (χ4n) is 2.08. The highest BCUT2D eigenvalue weighted by atomic mass is 16.3. The van der Waals surface area contributed by atoms with Gasteiger partial charge in [-0.2, -0.15) is 0 Å². The number of carbonyl (C=O) groups is 2. The second-order valence-corrected chi connectivity index (χ2v) is 3.75. The molecule has 1 aromatic rings. The number of nitrogens with one attached hydrogen (secondary N) is 1. The van der Waals surface area contributed by atoms with Gasteiger partial charge in [-0.15, -0.1) is 0 Å². The van der Waals surface area contributed by atoms with E-state index in [1.54, 1.807) is 12.3 Å². The smallest absolute Gasteiger partial charge is 0.230 e. The quantitative estimate of drug-likeness (QED) is 0.763. The maximum absolute atomic E-state index is 11.5. The predicted molar refractivity (Wildman–Crippen MR) is 53.0 cm³/mol. The van der Waals surface area contributed by atoms with E-state index in [9.17, 15) is 9.59 Å². The highest BCUT2D eigenvalue weighted by Crippen LogP contribution is 2.33. The Bertz CT molecular complexity index is 369. The standard InChI is InChI=1S/C11H13NO3/c1-2-7(9-4-3-5-15-9)8-6-10(13)12-11(8)14/h3-5,7-8H,2,6H2,1H3,(H,12,13,14). The van der Waals surface area contributed by atoms with Crippen molar-refractivity contribution in [3.63, 3.8) is 0 Å². The molecule has 2 atom stereocenters. The van der Waals surface area contributed by atoms with Gasteiger partial charge in [-0.1, -0.05) is 6.92 Å². The van der Waals surface area contributed by atoms with Crippen molar-refractivity contribution in [2.24, 2.45) is 5.92 Å². The van der Waals surface area contributed by atoms with E-state index in [4.69, 9.17) is 4.42 Å². The van der Waals surface area contributed by atoms with Crippen LogP contribution in [0.5, 0.6) is 0 Å². The second-order valence-electron chi connectivity index (χ2n) is 3.75. The molecule has 0 saturated carbocycles. The molecule has 1 N–H and O–H groups in total. The van der Waals surface area contributed by atoms with Gasteiger partial charge in [0, 0.05) is 12.3 Å². The Kier molecular flexibility index (Phi) is 2.58. The zero-order chi connectivity index (χ0) is 10.8. The number of amides is 2. The SMILES string of the molecule is CCC(c1ccco1)C1CC(=O)NC1=O. The van der Waals surface area contributed by atoms with Crippen LogP contribution in [0.1, 0.15) is 31.4 Å². The van der Waals surface area contributed by atoms with Crippen molar-refractivity contribution in [1.82, 2.24) is 5.32 Å². The number of hydrogen-bond acceptors (Lipinski definition) is 3. The summed E-state index contributed by atoms with van der Waals surface area (Å²) in [5.74, 6) is 0.158. The van der Waals surface area contributed by atoms with Crippen LogP contribution in [-0.4, -0.2) is 11.8 Å². The van der Waals surface area contributed by atoms with Crippen LogP contribution in [0.25, 0.3) is 0 Å². The van der Waals surface area contributed by atoms with Crippen LogP contribution in [-0.2, 0) is 9.59 Å². The van der Waals surface area contributed by atoms with E-state index in [1.807, 2.05) is 13.0 Å². The summed E-state index contributed by atoms with van der Waals surface area (Å²) in [7, 11) is 0. The summed E-state index contributed by atoms with van der Waals surface area (Å²) in [6.45, 7) is 1.99. The van der Waals surface area contributed by atoms with Crippen LogP contribution in [0.2, 0.25) is 0 Å². The van der Waals surface area contributed by atoms with E-state index in [-0.39, 0.29) is 30.1 Å². The minimum atomic E-state index is -0.270. The predicted octanol–water partition coefficient (Wildman–Crippen LogP) is 1.44. The summed E-state index contributed by atoms with van der Waals surface area (Å²) in [4.78, 5) is 22.6. The average Bonchev–Trinajstić information content (AvgIpc) is 2.79. The van der Waals surface area contributed by atoms with Gasteiger partial charge >= 0.3 is 0 Å². The van der Waals surface area contributed by atoms with Gasteiger partial charge in [0.25, 0.3) is 0 Å². The molecule has 15 heavy (non-hydrogen) atoms. The number of imide groups is 1. The van der Waals surface area contributed by atoms with Gasteiger partial charge < -0.3 is 4.42 Å². The topological polar surface area (TPSA) is 59.3 Å². The number of hydrogen-bond donors (Lipinski definition) is 1. The molecule has 0 radical (unpaired) electrons. The van der Waals surface area contributed by atoms with Gasteiger partial charge in [-0.25, -0.2) is 0 Å². The third kappa shape index (κ3) is 1.79. The molecule has 1 aliphatic heterocycles. The van der Waals surface area contributed by atoms with Crippen molar-refractivity contribution >= 4 is 11.8 Å². The lowest BCUT2D eigenvalue weighted by Crippen LogP contribution is -2.25. The summed E-state index contributed by atoms with van der Waals surface area (Å²) in [5.41, 5.74) is 0. The van der Waals surface area contributed by atoms with Gasteiger partial charge in [-0.3, -0.25) is 14.9 Å². The van der Waals surface area contributed by atoms with E-state index in [0.29, 0.717) is 0 Å². The van der Waals surface area contributed by atoms with Crippen LogP contribution in [0.4, 0.5) is 0 Å². The lowest BCUT2D eigenvalue weighted by atomic mass is 9.87. The zero-order valence-corrected chi connectivity index (χ0v) is 8.53. The molecular formula is C11H13NO3. The molecule has 0 aromatic carbocycles. The third-order valence-electron chi connectivity index (χ3n) is 2.84. The Morgan fingerprint density at radius 1 is 1.60 bits per heavy atom. The fourth-order valence-corrected chi connectivity index (χ4v) is 2.08. The minimum Gasteiger partial charge on any atom is -0.469 e. The number of furan rings is 1. The van der Waals surface area contributed by atoms with Crippen molar-refractivity contribution in [2.75, 3.05) is 0 Å². The first-order chi connectivity index (χ1) is 7.22. The summed E-state index contributed by atoms with van der Waals surface area (Å²) < 4.78 is 5.29. The minimum absolute atomic E-state index is 0.00597. The Morgan fingerprint density at radius 2 is 2.40 bits per heavy atom. The van der Waals surface area contributed by atoms with E-state index in [2.05, 4.69) is 5.32 Å². The lowest BCUT2D eigenvalue weighted by molar-refractivity contribution is -0.126. The average molecular weight is 207 g/mol. The van der Waals surface area contributed by atoms with E-state index < -0.39 is 0 Å². The second kappa shape index (κ2) is 3.88. The molecule has 4 heteroatoms. The number of rotatable bonds is 3. The number of carbonyl (C=O) groups excluding carboxylic acids is 2. The fraction of sp³-hybridized carbons (Fsp3) is 0.455. The molecule has 0 aliphatic carbocycles. The molecule has 2 rings (SSSR count). The Balaban J connectivity index is 2.21. The largest absolute Gasteiger partial charge is 0.469 e. The molecule has 1 aliphatic rings. The van der Waals surface area contributed by atoms with Crippen LogP contribution in [0.15, 0.2) is 22.8 Å². The molecule has 4 nitrogen and oxygen atoms in total. The normalized spacial score (nSPS) is 22.9. The Hall–Kier alpha value is -1.58. The Labute approximate surface area is 87.6 Å². The molecule has 2 heterocycles. The molecule has 1 aromatic heterocycles. The van der Waals surface area contributed by atoms with Gasteiger partial charge in [0.2, 0.25) is 11.8 Å². The molecule has 1 saturated heterocycles. The van der Waals surface area contributed by atoms with Crippen LogP contribution >= 0.6 is 0 Å². The Morgan fingerprint density at radius 3 is 2.87 bits per heavy atom. The molecule has 80 valence electrons. The molecule has 2 amide bonds. The maximum Gasteiger partial charge on any atom is 0.230 e. The first-order valence-electron chi connectivity index (χ1n) is 5.09. The van der Waals surface area contributed by atoms with Crippen molar-refractivity contribution in [2.45, 2.75) is 25.7 Å². The molecule has 0 spiro atoms. The summed E-state index contributed by atoms with van der Waals surface area (Å²) >= 11 is 0. The van der Waals surface area contributed by atoms with Gasteiger partial charge in [-0.05, 0) is 18.6 Å². The van der Waals surface area contributed by atoms with Crippen molar-refractivity contribution < 1.29 is 14.0 Å². The van der Waals surface area contributed by atoms with Gasteiger partial charge in [0.15, 0.2) is 0 Å². The van der Waals surface area contributed by atoms with Gasteiger partial charge in [0.1, 0.15) is 5.76 Å². The van der Waals surface area contributed by atoms with E-state index >= 15 is 0 Å². The van der Waals surface area contributed by atoms with Crippen LogP contribution < -0.4 is 5.32 Å². The maximum atomic E-state index is 11.5. The van der Waals surface area contributed by atoms with E-state index in [0.717, 1.165) is 12.2 Å². The van der Waals surface area contributed by atoms with Crippen LogP contribution in [0.3, 0.4) is 0 Å². The van der Waals surface area contributed by atoms with Crippen molar-refractivity contribution in [3.05, 3.63) is 24.2 Å². The highest BCUT2D eigenvalue weighted by Gasteiger charge is 2.37. The van der Waals surface area contributed by atoms with E-state index in [1.165, 1.54) is 0 Å². The third-order valence-corrected chi connectivity index (χ3v) is 2.84. The molecule has 0 bridgehead atoms. The summed E-state index contributed by atoms with van der Waals surface area (Å²) in [6, 6.07) is 3.65. The lowest BCUT2D eigenvalue weighted by Gasteiger charge is -2.16. The first-order valence-corrected chi connectivity index (χ1v) is 5.09. The van der Waals surface area contributed by atoms with Gasteiger partial charge in [0.05, 0.1) is 12.2 Å². The van der Waals surface area contributed by atoms with Crippen molar-refractivity contribution in [1.29, 1.82) is 0 Å². The first kappa shape index (κ1) is 9.96. The molecule has 1 fully saturated rings.